The van der Waals surface area contributed by atoms with Gasteiger partial charge in [-0.05, 0) is 87.1 Å². The molecule has 4 aromatic rings. The Balaban J connectivity index is 0. The van der Waals surface area contributed by atoms with E-state index in [0.717, 1.165) is 57.8 Å². The van der Waals surface area contributed by atoms with E-state index in [4.69, 9.17) is 20.4 Å². The Morgan fingerprint density at radius 2 is 0.770 bits per heavy atom. The molecule has 0 aliphatic rings. The Kier molecular flexibility index (Phi) is 33.4. The number of hydrogen-bond donors (Lipinski definition) is 8. The van der Waals surface area contributed by atoms with Gasteiger partial charge in [0.25, 0.3) is 0 Å². The Morgan fingerprint density at radius 1 is 0.475 bits per heavy atom. The molecule has 0 saturated carbocycles. The first-order valence-corrected chi connectivity index (χ1v) is 20.9. The van der Waals surface area contributed by atoms with Crippen molar-refractivity contribution in [3.8, 4) is 0 Å². The number of carboxylic acid groups (broad SMARTS) is 4. The predicted molar refractivity (Wildman–Crippen MR) is 240 cm³/mol. The summed E-state index contributed by atoms with van der Waals surface area (Å²) in [6.45, 7) is 12.0. The van der Waals surface area contributed by atoms with Crippen LogP contribution in [0.5, 0.6) is 0 Å². The van der Waals surface area contributed by atoms with Crippen molar-refractivity contribution in [3.63, 3.8) is 0 Å². The molecule has 0 aliphatic carbocycles. The molecule has 61 heavy (non-hydrogen) atoms. The molecule has 12 heteroatoms. The third kappa shape index (κ3) is 28.7. The van der Waals surface area contributed by atoms with Crippen LogP contribution in [-0.2, 0) is 0 Å². The number of aliphatic hydroxyl groups excluding tert-OH is 3. The summed E-state index contributed by atoms with van der Waals surface area (Å²) in [6, 6.07) is 33.2. The van der Waals surface area contributed by atoms with Crippen LogP contribution < -0.4 is 0 Å². The van der Waals surface area contributed by atoms with Gasteiger partial charge in [0.1, 0.15) is 0 Å². The van der Waals surface area contributed by atoms with Crippen molar-refractivity contribution < 1.29 is 60.0 Å². The van der Waals surface area contributed by atoms with Gasteiger partial charge < -0.3 is 40.9 Å². The first kappa shape index (κ1) is 57.7. The molecule has 0 aliphatic heterocycles. The van der Waals surface area contributed by atoms with Crippen LogP contribution in [-0.4, -0.2) is 88.6 Å². The van der Waals surface area contributed by atoms with Crippen LogP contribution in [0, 0.1) is 5.92 Å². The van der Waals surface area contributed by atoms with E-state index in [0.29, 0.717) is 28.7 Å². The first-order chi connectivity index (χ1) is 29.0. The second-order valence-electron chi connectivity index (χ2n) is 14.0. The van der Waals surface area contributed by atoms with E-state index in [9.17, 15) is 39.6 Å². The molecule has 0 spiro atoms. The zero-order chi connectivity index (χ0) is 46.6. The third-order valence-corrected chi connectivity index (χ3v) is 9.27. The second kappa shape index (κ2) is 35.4. The predicted octanol–water partition coefficient (Wildman–Crippen LogP) is 9.96. The van der Waals surface area contributed by atoms with Crippen molar-refractivity contribution in [2.45, 2.75) is 130 Å². The van der Waals surface area contributed by atoms with Crippen LogP contribution >= 0.6 is 0 Å². The number of carbonyl (C=O) groups is 4. The summed E-state index contributed by atoms with van der Waals surface area (Å²) in [5.74, 6) is -3.44. The monoisotopic (exact) mass is 850 g/mol. The van der Waals surface area contributed by atoms with Crippen LogP contribution in [0.1, 0.15) is 147 Å². The highest BCUT2D eigenvalue weighted by atomic mass is 16.4. The van der Waals surface area contributed by atoms with Crippen molar-refractivity contribution in [2.75, 3.05) is 0 Å². The van der Waals surface area contributed by atoms with E-state index in [2.05, 4.69) is 13.8 Å². The Bertz CT molecular complexity index is 1480. The summed E-state index contributed by atoms with van der Waals surface area (Å²) >= 11 is 0. The molecule has 0 bridgehead atoms. The second-order valence-corrected chi connectivity index (χ2v) is 14.0. The molecule has 4 unspecified atom stereocenters. The average molecular weight is 851 g/mol. The standard InChI is InChI=1S/C11H24O2.C10H22O2.4C7H6O2/c1-4-7-8-11(13,6-3)9-10(12)5-2;1-4-7-8(9(11)5-2)10(12)6-3;4*8-7(9)6-4-2-1-3-5-6/h10,12-13H,4-9H2,1-3H3;8-12H,4-7H2,1-3H3;4*1-5H,(H,8,9). The van der Waals surface area contributed by atoms with Crippen LogP contribution in [0.2, 0.25) is 0 Å². The van der Waals surface area contributed by atoms with Crippen molar-refractivity contribution in [2.24, 2.45) is 5.92 Å². The van der Waals surface area contributed by atoms with Gasteiger partial charge in [-0.15, -0.1) is 0 Å². The van der Waals surface area contributed by atoms with Crippen molar-refractivity contribution >= 4 is 23.9 Å². The normalized spacial score (nSPS) is 12.8. The van der Waals surface area contributed by atoms with Crippen LogP contribution in [0.25, 0.3) is 0 Å². The summed E-state index contributed by atoms with van der Waals surface area (Å²) in [7, 11) is 0. The molecule has 0 saturated heterocycles. The Morgan fingerprint density at radius 3 is 0.951 bits per heavy atom. The molecule has 8 N–H and O–H groups in total. The van der Waals surface area contributed by atoms with E-state index >= 15 is 0 Å². The summed E-state index contributed by atoms with van der Waals surface area (Å²) in [6.07, 6.45) is 7.37. The lowest BCUT2D eigenvalue weighted by Crippen LogP contribution is -2.32. The van der Waals surface area contributed by atoms with Gasteiger partial charge in [0.05, 0.1) is 46.2 Å². The molecule has 4 atom stereocenters. The molecule has 4 rings (SSSR count). The fraction of sp³-hybridized carbons (Fsp3) is 0.429. The van der Waals surface area contributed by atoms with Gasteiger partial charge in [-0.25, -0.2) is 19.2 Å². The summed E-state index contributed by atoms with van der Waals surface area (Å²) in [5, 5.41) is 72.3. The van der Waals surface area contributed by atoms with E-state index in [1.165, 1.54) is 0 Å². The lowest BCUT2D eigenvalue weighted by molar-refractivity contribution is -0.0225. The molecule has 0 radical (unpaired) electrons. The maximum absolute atomic E-state index is 10.2. The quantitative estimate of drug-likeness (QED) is 0.0496. The molecular weight excluding hydrogens is 781 g/mol. The maximum Gasteiger partial charge on any atom is 0.335 e. The van der Waals surface area contributed by atoms with E-state index in [-0.39, 0.29) is 24.2 Å². The SMILES string of the molecule is CCCC(C(O)CC)C(O)CC.CCCCC(O)(CC)CC(O)CC.O=C(O)c1ccccc1.O=C(O)c1ccccc1.O=C(O)c1ccccc1.O=C(O)c1ccccc1. The van der Waals surface area contributed by atoms with Gasteiger partial charge in [-0.1, -0.05) is 134 Å². The van der Waals surface area contributed by atoms with Crippen molar-refractivity contribution in [1.82, 2.24) is 0 Å². The molecule has 4 aromatic carbocycles. The average Bonchev–Trinajstić information content (AvgIpc) is 3.29. The van der Waals surface area contributed by atoms with Crippen LogP contribution in [0.4, 0.5) is 0 Å². The molecule has 338 valence electrons. The fourth-order valence-electron chi connectivity index (χ4n) is 5.41. The number of aliphatic hydroxyl groups is 4. The number of benzene rings is 4. The summed E-state index contributed by atoms with van der Waals surface area (Å²) < 4.78 is 0. The van der Waals surface area contributed by atoms with Crippen molar-refractivity contribution in [1.29, 1.82) is 0 Å². The largest absolute Gasteiger partial charge is 0.478 e. The molecular formula is C49H70O12. The van der Waals surface area contributed by atoms with E-state index in [1.807, 2.05) is 27.7 Å². The minimum absolute atomic E-state index is 0.0741. The molecule has 0 aromatic heterocycles. The highest BCUT2D eigenvalue weighted by Crippen LogP contribution is 2.25. The smallest absolute Gasteiger partial charge is 0.335 e. The zero-order valence-corrected chi connectivity index (χ0v) is 36.6. The molecule has 0 fully saturated rings. The number of unbranched alkanes of at least 4 members (excludes halogenated alkanes) is 1. The number of aromatic carboxylic acids is 4. The summed E-state index contributed by atoms with van der Waals surface area (Å²) in [5.41, 5.74) is 0.691. The summed E-state index contributed by atoms with van der Waals surface area (Å²) in [4.78, 5) is 40.8. The first-order valence-electron chi connectivity index (χ1n) is 20.9. The van der Waals surface area contributed by atoms with Gasteiger partial charge >= 0.3 is 23.9 Å². The van der Waals surface area contributed by atoms with Gasteiger partial charge in [0.15, 0.2) is 0 Å². The fourth-order valence-corrected chi connectivity index (χ4v) is 5.41. The highest BCUT2D eigenvalue weighted by Gasteiger charge is 2.26. The topological polar surface area (TPSA) is 230 Å². The maximum atomic E-state index is 10.2. The van der Waals surface area contributed by atoms with Gasteiger partial charge in [-0.2, -0.15) is 0 Å². The van der Waals surface area contributed by atoms with Crippen LogP contribution in [0.3, 0.4) is 0 Å². The van der Waals surface area contributed by atoms with Gasteiger partial charge in [-0.3, -0.25) is 0 Å². The number of carboxylic acids is 4. The van der Waals surface area contributed by atoms with Crippen molar-refractivity contribution in [3.05, 3.63) is 144 Å². The van der Waals surface area contributed by atoms with Gasteiger partial charge in [0, 0.05) is 12.3 Å². The van der Waals surface area contributed by atoms with Crippen LogP contribution in [0.15, 0.2) is 121 Å². The van der Waals surface area contributed by atoms with E-state index in [1.54, 1.807) is 121 Å². The lowest BCUT2D eigenvalue weighted by Gasteiger charge is -2.28. The number of hydrogen-bond acceptors (Lipinski definition) is 8. The third-order valence-electron chi connectivity index (χ3n) is 9.27. The molecule has 0 heterocycles. The minimum Gasteiger partial charge on any atom is -0.478 e. The van der Waals surface area contributed by atoms with E-state index < -0.39 is 29.5 Å². The Hall–Kier alpha value is -5.40. The minimum atomic E-state index is -0.879. The number of rotatable bonds is 17. The highest BCUT2D eigenvalue weighted by molar-refractivity contribution is 5.88. The zero-order valence-electron chi connectivity index (χ0n) is 36.6. The lowest BCUT2D eigenvalue weighted by atomic mass is 9.87. The molecule has 0 amide bonds. The molecule has 12 nitrogen and oxygen atoms in total. The van der Waals surface area contributed by atoms with Gasteiger partial charge in [0.2, 0.25) is 0 Å². The Labute approximate surface area is 362 Å².